The van der Waals surface area contributed by atoms with Gasteiger partial charge < -0.3 is 24.7 Å². The Balaban J connectivity index is 1.41. The SMILES string of the molecule is CC(C)[C@H](NC(=O)N1C[C@H]2C[C@@H](C1)c1cccc(=O)n1C2)C(=O)NCc1cccn1C. The highest BCUT2D eigenvalue weighted by atomic mass is 16.2. The van der Waals surface area contributed by atoms with E-state index in [-0.39, 0.29) is 35.3 Å². The average molecular weight is 426 g/mol. The molecule has 166 valence electrons. The van der Waals surface area contributed by atoms with Crippen LogP contribution in [0.4, 0.5) is 4.79 Å². The standard InChI is InChI=1S/C23H31N5O3/c1-15(2)21(22(30)24-11-18-6-5-9-26(18)3)25-23(31)27-12-16-10-17(14-27)19-7-4-8-20(29)28(19)13-16/h4-9,15-17,21H,10-14H2,1-3H3,(H,24,30)(H,25,31)/t16-,17+,21+/m1/s1. The molecule has 4 heterocycles. The first-order valence-electron chi connectivity index (χ1n) is 11.0. The van der Waals surface area contributed by atoms with Crippen LogP contribution in [0.5, 0.6) is 0 Å². The van der Waals surface area contributed by atoms with E-state index in [1.54, 1.807) is 17.0 Å². The predicted molar refractivity (Wildman–Crippen MR) is 118 cm³/mol. The van der Waals surface area contributed by atoms with Gasteiger partial charge in [0.15, 0.2) is 0 Å². The Kier molecular flexibility index (Phi) is 5.89. The van der Waals surface area contributed by atoms with E-state index in [0.717, 1.165) is 17.8 Å². The Morgan fingerprint density at radius 2 is 1.94 bits per heavy atom. The minimum absolute atomic E-state index is 0.0277. The molecule has 1 fully saturated rings. The topological polar surface area (TPSA) is 88.4 Å². The molecule has 8 heteroatoms. The van der Waals surface area contributed by atoms with Crippen LogP contribution >= 0.6 is 0 Å². The number of amides is 3. The number of nitrogens with one attached hydrogen (secondary N) is 2. The van der Waals surface area contributed by atoms with Gasteiger partial charge in [0.2, 0.25) is 5.91 Å². The van der Waals surface area contributed by atoms with E-state index in [2.05, 4.69) is 10.6 Å². The highest BCUT2D eigenvalue weighted by Gasteiger charge is 2.37. The van der Waals surface area contributed by atoms with Gasteiger partial charge in [0.25, 0.3) is 5.56 Å². The molecule has 0 radical (unpaired) electrons. The van der Waals surface area contributed by atoms with Gasteiger partial charge in [-0.25, -0.2) is 4.79 Å². The number of carbonyl (C=O) groups is 2. The molecule has 31 heavy (non-hydrogen) atoms. The fourth-order valence-electron chi connectivity index (χ4n) is 4.79. The zero-order chi connectivity index (χ0) is 22.1. The second-order valence-corrected chi connectivity index (χ2v) is 9.10. The average Bonchev–Trinajstić information content (AvgIpc) is 3.15. The van der Waals surface area contributed by atoms with E-state index < -0.39 is 6.04 Å². The lowest BCUT2D eigenvalue weighted by atomic mass is 9.83. The van der Waals surface area contributed by atoms with E-state index in [9.17, 15) is 14.4 Å². The van der Waals surface area contributed by atoms with Gasteiger partial charge >= 0.3 is 6.03 Å². The van der Waals surface area contributed by atoms with Crippen LogP contribution < -0.4 is 16.2 Å². The maximum absolute atomic E-state index is 13.1. The molecule has 2 N–H and O–H groups in total. The number of rotatable bonds is 5. The summed E-state index contributed by atoms with van der Waals surface area (Å²) in [7, 11) is 1.93. The highest BCUT2D eigenvalue weighted by Crippen LogP contribution is 2.34. The molecule has 1 saturated heterocycles. The molecule has 2 aromatic heterocycles. The van der Waals surface area contributed by atoms with Gasteiger partial charge in [-0.05, 0) is 36.5 Å². The van der Waals surface area contributed by atoms with Crippen molar-refractivity contribution in [1.29, 1.82) is 0 Å². The summed E-state index contributed by atoms with van der Waals surface area (Å²) in [5, 5.41) is 5.90. The molecular weight excluding hydrogens is 394 g/mol. The van der Waals surface area contributed by atoms with E-state index in [1.807, 2.05) is 54.4 Å². The summed E-state index contributed by atoms with van der Waals surface area (Å²) in [6.07, 6.45) is 2.92. The van der Waals surface area contributed by atoms with Crippen molar-refractivity contribution in [3.8, 4) is 0 Å². The molecule has 2 aromatic rings. The summed E-state index contributed by atoms with van der Waals surface area (Å²) in [6, 6.07) is 8.44. The number of pyridine rings is 1. The molecule has 2 aliphatic rings. The first kappa shape index (κ1) is 21.2. The summed E-state index contributed by atoms with van der Waals surface area (Å²) in [5.41, 5.74) is 2.03. The van der Waals surface area contributed by atoms with E-state index in [1.165, 1.54) is 0 Å². The fraction of sp³-hybridized carbons (Fsp3) is 0.522. The van der Waals surface area contributed by atoms with Gasteiger partial charge in [0.05, 0.1) is 6.54 Å². The molecule has 0 aliphatic carbocycles. The lowest BCUT2D eigenvalue weighted by Gasteiger charge is -2.43. The van der Waals surface area contributed by atoms with Crippen molar-refractivity contribution in [1.82, 2.24) is 24.7 Å². The van der Waals surface area contributed by atoms with Crippen LogP contribution in [-0.4, -0.2) is 45.1 Å². The molecule has 2 aliphatic heterocycles. The van der Waals surface area contributed by atoms with Crippen molar-refractivity contribution in [2.45, 2.75) is 45.3 Å². The van der Waals surface area contributed by atoms with Crippen molar-refractivity contribution in [2.75, 3.05) is 13.1 Å². The number of hydrogen-bond donors (Lipinski definition) is 2. The molecule has 0 saturated carbocycles. The Bertz CT molecular complexity index is 1020. The van der Waals surface area contributed by atoms with E-state index in [4.69, 9.17) is 0 Å². The van der Waals surface area contributed by atoms with Crippen LogP contribution in [0.1, 0.15) is 37.6 Å². The second kappa shape index (κ2) is 8.61. The normalized spacial score (nSPS) is 20.8. The number of fused-ring (bicyclic) bond motifs is 4. The number of urea groups is 1. The third-order valence-electron chi connectivity index (χ3n) is 6.49. The second-order valence-electron chi connectivity index (χ2n) is 9.10. The Morgan fingerprint density at radius 3 is 2.65 bits per heavy atom. The number of nitrogens with zero attached hydrogens (tertiary/aromatic N) is 3. The minimum Gasteiger partial charge on any atom is -0.353 e. The number of aromatic nitrogens is 2. The number of likely N-dealkylation sites (tertiary alicyclic amines) is 1. The summed E-state index contributed by atoms with van der Waals surface area (Å²) in [6.45, 7) is 6.07. The number of aryl methyl sites for hydroxylation is 1. The Morgan fingerprint density at radius 1 is 1.13 bits per heavy atom. The van der Waals surface area contributed by atoms with Crippen LogP contribution in [0.3, 0.4) is 0 Å². The van der Waals surface area contributed by atoms with Gasteiger partial charge in [-0.15, -0.1) is 0 Å². The van der Waals surface area contributed by atoms with Crippen molar-refractivity contribution in [3.63, 3.8) is 0 Å². The molecule has 0 aromatic carbocycles. The summed E-state index contributed by atoms with van der Waals surface area (Å²) in [4.78, 5) is 39.9. The predicted octanol–water partition coefficient (Wildman–Crippen LogP) is 1.66. The summed E-state index contributed by atoms with van der Waals surface area (Å²) < 4.78 is 3.81. The zero-order valence-corrected chi connectivity index (χ0v) is 18.4. The summed E-state index contributed by atoms with van der Waals surface area (Å²) >= 11 is 0. The van der Waals surface area contributed by atoms with Gasteiger partial charge in [-0.3, -0.25) is 9.59 Å². The minimum atomic E-state index is -0.607. The van der Waals surface area contributed by atoms with Crippen LogP contribution in [0.25, 0.3) is 0 Å². The number of piperidine rings is 1. The molecular formula is C23H31N5O3. The molecule has 3 atom stereocenters. The maximum atomic E-state index is 13.1. The van der Waals surface area contributed by atoms with Crippen molar-refractivity contribution < 1.29 is 9.59 Å². The van der Waals surface area contributed by atoms with Crippen molar-refractivity contribution >= 4 is 11.9 Å². The Labute approximate surface area is 182 Å². The Hall–Kier alpha value is -3.03. The zero-order valence-electron chi connectivity index (χ0n) is 18.4. The van der Waals surface area contributed by atoms with Crippen LogP contribution in [0, 0.1) is 11.8 Å². The first-order valence-corrected chi connectivity index (χ1v) is 11.0. The number of carbonyl (C=O) groups excluding carboxylic acids is 2. The first-order chi connectivity index (χ1) is 14.8. The van der Waals surface area contributed by atoms with Crippen molar-refractivity contribution in [3.05, 3.63) is 58.3 Å². The van der Waals surface area contributed by atoms with Gasteiger partial charge in [-0.1, -0.05) is 19.9 Å². The van der Waals surface area contributed by atoms with Crippen LogP contribution in [0.2, 0.25) is 0 Å². The molecule has 8 nitrogen and oxygen atoms in total. The molecule has 2 bridgehead atoms. The van der Waals surface area contributed by atoms with Crippen molar-refractivity contribution in [2.24, 2.45) is 18.9 Å². The van der Waals surface area contributed by atoms with Crippen LogP contribution in [0.15, 0.2) is 41.3 Å². The molecule has 3 amide bonds. The summed E-state index contributed by atoms with van der Waals surface area (Å²) in [5.74, 6) is 0.177. The largest absolute Gasteiger partial charge is 0.353 e. The molecule has 0 spiro atoms. The highest BCUT2D eigenvalue weighted by molar-refractivity contribution is 5.87. The van der Waals surface area contributed by atoms with Gasteiger partial charge in [0.1, 0.15) is 6.04 Å². The van der Waals surface area contributed by atoms with Gasteiger partial charge in [0, 0.05) is 56.3 Å². The third kappa shape index (κ3) is 4.38. The maximum Gasteiger partial charge on any atom is 0.318 e. The monoisotopic (exact) mass is 425 g/mol. The van der Waals surface area contributed by atoms with E-state index in [0.29, 0.717) is 26.2 Å². The molecule has 0 unspecified atom stereocenters. The number of hydrogen-bond acceptors (Lipinski definition) is 3. The lowest BCUT2D eigenvalue weighted by molar-refractivity contribution is -0.124. The van der Waals surface area contributed by atoms with Gasteiger partial charge in [-0.2, -0.15) is 0 Å². The van der Waals surface area contributed by atoms with E-state index >= 15 is 0 Å². The smallest absolute Gasteiger partial charge is 0.318 e. The molecule has 4 rings (SSSR count). The fourth-order valence-corrected chi connectivity index (χ4v) is 4.79. The lowest BCUT2D eigenvalue weighted by Crippen LogP contribution is -2.57. The third-order valence-corrected chi connectivity index (χ3v) is 6.49. The van der Waals surface area contributed by atoms with Crippen LogP contribution in [-0.2, 0) is 24.9 Å². The quantitative estimate of drug-likeness (QED) is 0.764.